The van der Waals surface area contributed by atoms with Crippen molar-refractivity contribution in [3.63, 3.8) is 0 Å². The average molecular weight is 198 g/mol. The van der Waals surface area contributed by atoms with E-state index in [-0.39, 0.29) is 5.54 Å². The Morgan fingerprint density at radius 3 is 1.93 bits per heavy atom. The van der Waals surface area contributed by atoms with E-state index >= 15 is 0 Å². The number of carboxylic acid groups (broad SMARTS) is 1. The highest BCUT2D eigenvalue weighted by Gasteiger charge is 2.35. The molecule has 2 unspecified atom stereocenters. The minimum absolute atomic E-state index is 0.300. The Labute approximate surface area is 96.4 Å². The van der Waals surface area contributed by atoms with Gasteiger partial charge in [-0.25, -0.2) is 0 Å². The number of hydrogen-bond acceptors (Lipinski definition) is 2. The highest BCUT2D eigenvalue weighted by atomic mass is 16.4. The van der Waals surface area contributed by atoms with Crippen molar-refractivity contribution in [2.24, 2.45) is 0 Å². The molecule has 0 aromatic heterocycles. The summed E-state index contributed by atoms with van der Waals surface area (Å²) in [6, 6.07) is 0. The third-order valence-corrected chi connectivity index (χ3v) is 1.91. The van der Waals surface area contributed by atoms with Crippen LogP contribution in [0.1, 0.15) is 20.8 Å². The number of nitrogens with one attached hydrogen (secondary N) is 1. The van der Waals surface area contributed by atoms with Crippen molar-refractivity contribution in [2.75, 3.05) is 0 Å². The molecule has 2 N–H and O–H groups in total. The lowest BCUT2D eigenvalue weighted by molar-refractivity contribution is -0.138. The van der Waals surface area contributed by atoms with Crippen molar-refractivity contribution >= 4 is 37.4 Å². The Bertz CT molecular complexity index is 239. The summed E-state index contributed by atoms with van der Waals surface area (Å²) in [5.41, 5.74) is -0.300. The average Bonchev–Trinajstić information content (AvgIpc) is 1.99. The summed E-state index contributed by atoms with van der Waals surface area (Å²) in [7, 11) is 22.0. The minimum Gasteiger partial charge on any atom is -0.482 e. The summed E-state index contributed by atoms with van der Waals surface area (Å²) in [6.45, 7) is 5.61. The molecule has 0 aliphatic rings. The molecule has 2 atom stereocenters. The van der Waals surface area contributed by atoms with Crippen LogP contribution in [0.4, 0.5) is 0 Å². The second-order valence-electron chi connectivity index (χ2n) is 4.68. The third-order valence-electron chi connectivity index (χ3n) is 1.91. The van der Waals surface area contributed by atoms with Crippen LogP contribution >= 0.6 is 0 Å². The molecule has 0 amide bonds. The predicted molar refractivity (Wildman–Crippen MR) is 63.8 cm³/mol. The van der Waals surface area contributed by atoms with E-state index < -0.39 is 22.9 Å². The van der Waals surface area contributed by atoms with E-state index in [2.05, 4.69) is 5.32 Å². The first-order valence-corrected chi connectivity index (χ1v) is 4.58. The van der Waals surface area contributed by atoms with E-state index in [1.54, 1.807) is 0 Å². The summed E-state index contributed by atoms with van der Waals surface area (Å²) < 4.78 is 0. The van der Waals surface area contributed by atoms with Gasteiger partial charge in [0.05, 0.1) is 31.4 Å². The predicted octanol–water partition coefficient (Wildman–Crippen LogP) is -0.636. The first kappa shape index (κ1) is 14.7. The summed E-state index contributed by atoms with van der Waals surface area (Å²) in [5.74, 6) is -3.27. The molecular formula is C8H13B4NO2. The Kier molecular flexibility index (Phi) is 4.59. The standard InChI is InChI=1S/C8H13B4NO2/c1-7(2,3)13-5(10)4(9)8(11,12)6(14)15/h4-5,13H,1-3H3,(H,14,15). The first-order chi connectivity index (χ1) is 6.48. The quantitative estimate of drug-likeness (QED) is 0.591. The molecule has 0 aromatic rings. The smallest absolute Gasteiger partial charge is 0.291 e. The minimum atomic E-state index is -2.04. The molecule has 0 bridgehead atoms. The lowest BCUT2D eigenvalue weighted by Gasteiger charge is -2.38. The number of aliphatic carboxylic acids is 1. The van der Waals surface area contributed by atoms with Crippen LogP contribution < -0.4 is 5.32 Å². The largest absolute Gasteiger partial charge is 0.482 e. The van der Waals surface area contributed by atoms with Gasteiger partial charge in [0.2, 0.25) is 0 Å². The first-order valence-electron chi connectivity index (χ1n) is 4.58. The lowest BCUT2D eigenvalue weighted by Crippen LogP contribution is -2.50. The molecule has 0 saturated carbocycles. The van der Waals surface area contributed by atoms with Gasteiger partial charge in [-0.15, -0.1) is 0 Å². The third kappa shape index (κ3) is 4.37. The lowest BCUT2D eigenvalue weighted by atomic mass is 9.40. The molecule has 74 valence electrons. The van der Waals surface area contributed by atoms with Crippen LogP contribution in [0.3, 0.4) is 0 Å². The van der Waals surface area contributed by atoms with E-state index in [1.165, 1.54) is 0 Å². The molecule has 3 nitrogen and oxygen atoms in total. The molecule has 15 heavy (non-hydrogen) atoms. The van der Waals surface area contributed by atoms with Gasteiger partial charge in [-0.3, -0.25) is 4.79 Å². The number of hydrogen-bond donors (Lipinski definition) is 2. The van der Waals surface area contributed by atoms with Crippen LogP contribution in [0.15, 0.2) is 0 Å². The molecule has 0 saturated heterocycles. The van der Waals surface area contributed by atoms with Crippen LogP contribution in [0.25, 0.3) is 0 Å². The zero-order valence-corrected chi connectivity index (χ0v) is 9.32. The Morgan fingerprint density at radius 1 is 1.27 bits per heavy atom. The van der Waals surface area contributed by atoms with Gasteiger partial charge in [-0.05, 0) is 31.9 Å². The topological polar surface area (TPSA) is 49.3 Å². The van der Waals surface area contributed by atoms with Crippen molar-refractivity contribution in [1.82, 2.24) is 5.32 Å². The Morgan fingerprint density at radius 2 is 1.67 bits per heavy atom. The van der Waals surface area contributed by atoms with Crippen molar-refractivity contribution in [2.45, 2.75) is 43.3 Å². The van der Waals surface area contributed by atoms with Gasteiger partial charge in [0, 0.05) is 5.54 Å². The second-order valence-corrected chi connectivity index (χ2v) is 4.68. The van der Waals surface area contributed by atoms with E-state index in [1.807, 2.05) is 20.8 Å². The van der Waals surface area contributed by atoms with Gasteiger partial charge in [-0.1, -0.05) is 5.82 Å². The molecular weight excluding hydrogens is 185 g/mol. The van der Waals surface area contributed by atoms with Crippen LogP contribution in [-0.4, -0.2) is 53.9 Å². The van der Waals surface area contributed by atoms with Crippen molar-refractivity contribution in [1.29, 1.82) is 0 Å². The zero-order valence-electron chi connectivity index (χ0n) is 9.32. The Hall–Kier alpha value is -0.310. The second kappa shape index (κ2) is 4.69. The normalized spacial score (nSPS) is 17.0. The highest BCUT2D eigenvalue weighted by Crippen LogP contribution is 2.33. The van der Waals surface area contributed by atoms with Gasteiger partial charge in [0.1, 0.15) is 0 Å². The monoisotopic (exact) mass is 199 g/mol. The fourth-order valence-electron chi connectivity index (χ4n) is 1.03. The van der Waals surface area contributed by atoms with Crippen LogP contribution in [0, 0.1) is 0 Å². The van der Waals surface area contributed by atoms with Gasteiger partial charge < -0.3 is 10.4 Å². The maximum atomic E-state index is 10.7. The summed E-state index contributed by atoms with van der Waals surface area (Å²) in [4.78, 5) is 10.7. The van der Waals surface area contributed by atoms with Gasteiger partial charge in [0.25, 0.3) is 5.97 Å². The van der Waals surface area contributed by atoms with Crippen molar-refractivity contribution < 1.29 is 9.90 Å². The van der Waals surface area contributed by atoms with E-state index in [0.717, 1.165) is 0 Å². The maximum absolute atomic E-state index is 10.7. The summed E-state index contributed by atoms with van der Waals surface area (Å²) in [5, 5.41) is 9.61. The molecule has 0 rings (SSSR count). The molecule has 0 aromatic carbocycles. The zero-order chi connectivity index (χ0) is 12.4. The van der Waals surface area contributed by atoms with Crippen LogP contribution in [0.5, 0.6) is 0 Å². The van der Waals surface area contributed by atoms with E-state index in [0.29, 0.717) is 0 Å². The molecule has 0 aliphatic carbocycles. The molecule has 0 aliphatic heterocycles. The number of carbonyl (C=O) groups is 1. The highest BCUT2D eigenvalue weighted by molar-refractivity contribution is 6.53. The number of carboxylic acids is 1. The van der Waals surface area contributed by atoms with Crippen LogP contribution in [-0.2, 0) is 4.79 Å². The molecule has 0 fully saturated rings. The van der Waals surface area contributed by atoms with E-state index in [9.17, 15) is 4.79 Å². The van der Waals surface area contributed by atoms with Crippen LogP contribution in [0.2, 0.25) is 11.0 Å². The van der Waals surface area contributed by atoms with Crippen molar-refractivity contribution in [3.8, 4) is 0 Å². The molecule has 7 heteroatoms. The summed E-state index contributed by atoms with van der Waals surface area (Å²) in [6.07, 6.45) is 0. The fourth-order valence-corrected chi connectivity index (χ4v) is 1.03. The Balaban J connectivity index is 4.58. The molecule has 0 spiro atoms. The summed E-state index contributed by atoms with van der Waals surface area (Å²) >= 11 is 0. The van der Waals surface area contributed by atoms with Gasteiger partial charge in [-0.2, -0.15) is 0 Å². The van der Waals surface area contributed by atoms with Crippen molar-refractivity contribution in [3.05, 3.63) is 0 Å². The fraction of sp³-hybridized carbons (Fsp3) is 0.875. The molecule has 8 radical (unpaired) electrons. The maximum Gasteiger partial charge on any atom is 0.291 e. The van der Waals surface area contributed by atoms with Gasteiger partial charge in [0.15, 0.2) is 0 Å². The van der Waals surface area contributed by atoms with Gasteiger partial charge >= 0.3 is 0 Å². The SMILES string of the molecule is [B]C(NC(C)(C)C)C([B])C([B])([B])C(=O)O. The number of rotatable bonds is 4. The van der Waals surface area contributed by atoms with E-state index in [4.69, 9.17) is 36.5 Å². The molecule has 0 heterocycles.